The van der Waals surface area contributed by atoms with Gasteiger partial charge in [0, 0.05) is 0 Å². The first-order valence-electron chi connectivity index (χ1n) is 6.46. The van der Waals surface area contributed by atoms with Crippen LogP contribution in [0.1, 0.15) is 64.2 Å². The van der Waals surface area contributed by atoms with Gasteiger partial charge in [-0.1, -0.05) is 24.0 Å². The normalized spacial score (nSPS) is 22.7. The zero-order valence-electron chi connectivity index (χ0n) is 9.63. The second-order valence-electron chi connectivity index (χ2n) is 4.81. The van der Waals surface area contributed by atoms with E-state index in [1.165, 1.54) is 64.2 Å². The van der Waals surface area contributed by atoms with E-state index < -0.39 is 0 Å². The van der Waals surface area contributed by atoms with Gasteiger partial charge in [-0.05, 0) is 62.2 Å². The molecule has 2 fully saturated rings. The first-order valence-corrected chi connectivity index (χ1v) is 7.41. The highest BCUT2D eigenvalue weighted by molar-refractivity contribution is 8.04. The molecule has 0 spiro atoms. The third-order valence-electron chi connectivity index (χ3n) is 3.46. The Morgan fingerprint density at radius 1 is 0.600 bits per heavy atom. The molecule has 0 bridgehead atoms. The molecule has 0 saturated heterocycles. The molecular weight excluding hydrogens is 200 g/mol. The van der Waals surface area contributed by atoms with E-state index >= 15 is 0 Å². The predicted octanol–water partition coefficient (Wildman–Crippen LogP) is 5.42. The summed E-state index contributed by atoms with van der Waals surface area (Å²) >= 11 is 1.94. The first-order chi connectivity index (χ1) is 7.45. The number of thioether (sulfide) groups is 1. The van der Waals surface area contributed by atoms with E-state index in [4.69, 9.17) is 0 Å². The predicted molar refractivity (Wildman–Crippen MR) is 69.9 cm³/mol. The van der Waals surface area contributed by atoms with Crippen LogP contribution in [0.2, 0.25) is 0 Å². The summed E-state index contributed by atoms with van der Waals surface area (Å²) in [5.41, 5.74) is 3.39. The molecule has 0 heterocycles. The molecule has 84 valence electrons. The molecule has 0 radical (unpaired) electrons. The lowest BCUT2D eigenvalue weighted by molar-refractivity contribution is 0.600. The van der Waals surface area contributed by atoms with Crippen molar-refractivity contribution in [1.29, 1.82) is 0 Å². The minimum absolute atomic E-state index is 1.36. The van der Waals surface area contributed by atoms with Crippen molar-refractivity contribution in [3.63, 3.8) is 0 Å². The largest absolute Gasteiger partial charge is 0.106 e. The van der Waals surface area contributed by atoms with Crippen LogP contribution in [0.3, 0.4) is 0 Å². The first kappa shape index (κ1) is 11.3. The summed E-state index contributed by atoms with van der Waals surface area (Å²) in [6.45, 7) is 0. The van der Waals surface area contributed by atoms with Crippen molar-refractivity contribution in [2.45, 2.75) is 64.2 Å². The van der Waals surface area contributed by atoms with Crippen LogP contribution in [0.4, 0.5) is 0 Å². The van der Waals surface area contributed by atoms with Crippen LogP contribution in [-0.4, -0.2) is 0 Å². The summed E-state index contributed by atoms with van der Waals surface area (Å²) in [5, 5.41) is 4.83. The lowest BCUT2D eigenvalue weighted by atomic mass is 9.96. The Balaban J connectivity index is 1.76. The minimum atomic E-state index is 1.36. The molecule has 2 rings (SSSR count). The van der Waals surface area contributed by atoms with Gasteiger partial charge in [0.2, 0.25) is 0 Å². The van der Waals surface area contributed by atoms with Crippen molar-refractivity contribution < 1.29 is 0 Å². The van der Waals surface area contributed by atoms with Crippen molar-refractivity contribution in [2.24, 2.45) is 0 Å². The molecule has 0 N–H and O–H groups in total. The van der Waals surface area contributed by atoms with Crippen LogP contribution >= 0.6 is 11.8 Å². The molecule has 0 nitrogen and oxygen atoms in total. The molecule has 1 heteroatoms. The minimum Gasteiger partial charge on any atom is -0.106 e. The zero-order chi connectivity index (χ0) is 10.3. The second-order valence-corrected chi connectivity index (χ2v) is 5.55. The number of rotatable bonds is 2. The summed E-state index contributed by atoms with van der Waals surface area (Å²) in [7, 11) is 0. The van der Waals surface area contributed by atoms with Gasteiger partial charge in [0.25, 0.3) is 0 Å². The van der Waals surface area contributed by atoms with Crippen LogP contribution in [-0.2, 0) is 0 Å². The van der Waals surface area contributed by atoms with Gasteiger partial charge in [-0.25, -0.2) is 0 Å². The highest BCUT2D eigenvalue weighted by Gasteiger charge is 2.06. The fraction of sp³-hybridized carbons (Fsp3) is 0.714. The second kappa shape index (κ2) is 6.42. The molecule has 2 aliphatic carbocycles. The molecule has 15 heavy (non-hydrogen) atoms. The van der Waals surface area contributed by atoms with Crippen molar-refractivity contribution >= 4 is 11.8 Å². The molecule has 2 aliphatic rings. The molecule has 0 aliphatic heterocycles. The Hall–Kier alpha value is -0.170. The van der Waals surface area contributed by atoms with E-state index in [0.717, 1.165) is 0 Å². The third kappa shape index (κ3) is 4.06. The van der Waals surface area contributed by atoms with E-state index in [1.54, 1.807) is 11.1 Å². The number of hydrogen-bond donors (Lipinski definition) is 0. The summed E-state index contributed by atoms with van der Waals surface area (Å²) < 4.78 is 0. The van der Waals surface area contributed by atoms with Gasteiger partial charge in [0.05, 0.1) is 0 Å². The van der Waals surface area contributed by atoms with Gasteiger partial charge in [-0.2, -0.15) is 0 Å². The molecule has 0 aromatic rings. The SMILES string of the molecule is C(SC=C1CCCCC1)=C1CCCCC1. The van der Waals surface area contributed by atoms with Crippen molar-refractivity contribution in [3.8, 4) is 0 Å². The van der Waals surface area contributed by atoms with Crippen molar-refractivity contribution in [2.75, 3.05) is 0 Å². The molecule has 2 saturated carbocycles. The third-order valence-corrected chi connectivity index (χ3v) is 4.40. The Bertz CT molecular complexity index is 208. The van der Waals surface area contributed by atoms with Gasteiger partial charge < -0.3 is 0 Å². The summed E-state index contributed by atoms with van der Waals surface area (Å²) in [6, 6.07) is 0. The van der Waals surface area contributed by atoms with E-state index in [9.17, 15) is 0 Å². The van der Waals surface area contributed by atoms with E-state index in [1.807, 2.05) is 11.8 Å². The summed E-state index contributed by atoms with van der Waals surface area (Å²) in [4.78, 5) is 0. The molecular formula is C14H22S. The maximum Gasteiger partial charge on any atom is -0.0256 e. The Morgan fingerprint density at radius 2 is 1.00 bits per heavy atom. The van der Waals surface area contributed by atoms with Crippen LogP contribution in [0.25, 0.3) is 0 Å². The fourth-order valence-corrected chi connectivity index (χ4v) is 3.40. The smallest absolute Gasteiger partial charge is 0.0256 e. The van der Waals surface area contributed by atoms with Crippen LogP contribution in [0.15, 0.2) is 22.0 Å². The maximum absolute atomic E-state index is 2.42. The highest BCUT2D eigenvalue weighted by atomic mass is 32.2. The molecule has 0 aromatic heterocycles. The van der Waals surface area contributed by atoms with Gasteiger partial charge in [-0.3, -0.25) is 0 Å². The molecule has 0 atom stereocenters. The fourth-order valence-electron chi connectivity index (χ4n) is 2.47. The van der Waals surface area contributed by atoms with Crippen LogP contribution in [0.5, 0.6) is 0 Å². The Labute approximate surface area is 98.2 Å². The number of allylic oxidation sites excluding steroid dienone is 2. The van der Waals surface area contributed by atoms with Crippen molar-refractivity contribution in [1.82, 2.24) is 0 Å². The van der Waals surface area contributed by atoms with Gasteiger partial charge in [0.1, 0.15) is 0 Å². The van der Waals surface area contributed by atoms with E-state index in [2.05, 4.69) is 10.8 Å². The average molecular weight is 222 g/mol. The topological polar surface area (TPSA) is 0 Å². The van der Waals surface area contributed by atoms with Gasteiger partial charge in [-0.15, -0.1) is 11.8 Å². The standard InChI is InChI=1S/C14H22S/c1-3-7-13(8-4-1)11-15-12-14-9-5-2-6-10-14/h11-12H,1-10H2. The molecule has 0 aromatic carbocycles. The molecule has 0 amide bonds. The molecule has 0 unspecified atom stereocenters. The van der Waals surface area contributed by atoms with Crippen LogP contribution in [0, 0.1) is 0 Å². The summed E-state index contributed by atoms with van der Waals surface area (Å²) in [5.74, 6) is 0. The zero-order valence-corrected chi connectivity index (χ0v) is 10.5. The van der Waals surface area contributed by atoms with E-state index in [-0.39, 0.29) is 0 Å². The van der Waals surface area contributed by atoms with Gasteiger partial charge >= 0.3 is 0 Å². The average Bonchev–Trinajstić information content (AvgIpc) is 2.32. The Kier molecular flexibility index (Phi) is 4.85. The quantitative estimate of drug-likeness (QED) is 0.601. The van der Waals surface area contributed by atoms with E-state index in [0.29, 0.717) is 0 Å². The van der Waals surface area contributed by atoms with Crippen molar-refractivity contribution in [3.05, 3.63) is 22.0 Å². The van der Waals surface area contributed by atoms with Crippen LogP contribution < -0.4 is 0 Å². The lowest BCUT2D eigenvalue weighted by Crippen LogP contribution is -1.93. The highest BCUT2D eigenvalue weighted by Crippen LogP contribution is 2.28. The Morgan fingerprint density at radius 3 is 1.40 bits per heavy atom. The van der Waals surface area contributed by atoms with Gasteiger partial charge in [0.15, 0.2) is 0 Å². The lowest BCUT2D eigenvalue weighted by Gasteiger charge is -2.14. The maximum atomic E-state index is 2.42. The summed E-state index contributed by atoms with van der Waals surface area (Å²) in [6.07, 6.45) is 14.0. The number of hydrogen-bond acceptors (Lipinski definition) is 1. The monoisotopic (exact) mass is 222 g/mol.